The Morgan fingerprint density at radius 1 is 0.643 bits per heavy atom. The van der Waals surface area contributed by atoms with Gasteiger partial charge in [0, 0.05) is 5.75 Å². The van der Waals surface area contributed by atoms with Gasteiger partial charge in [0.1, 0.15) is 0 Å². The summed E-state index contributed by atoms with van der Waals surface area (Å²) in [5.74, 6) is 1.32. The largest absolute Gasteiger partial charge is 0.319 e. The molecule has 0 amide bonds. The summed E-state index contributed by atoms with van der Waals surface area (Å²) in [7, 11) is -4.83. The normalized spacial score (nSPS) is 12.6. The van der Waals surface area contributed by atoms with Gasteiger partial charge >= 0.3 is 9.15 Å². The second-order valence-electron chi connectivity index (χ2n) is 6.34. The fourth-order valence-electron chi connectivity index (χ4n) is 3.31. The van der Waals surface area contributed by atoms with E-state index >= 15 is 0 Å². The molecule has 0 aliphatic heterocycles. The molecule has 0 aliphatic carbocycles. The average Bonchev–Trinajstić information content (AvgIpc) is 2.72. The zero-order chi connectivity index (χ0) is 19.9. The van der Waals surface area contributed by atoms with Crippen LogP contribution in [0.5, 0.6) is 0 Å². The zero-order valence-corrected chi connectivity index (χ0v) is 17.9. The van der Waals surface area contributed by atoms with Gasteiger partial charge in [-0.1, -0.05) is 54.6 Å². The van der Waals surface area contributed by atoms with Crippen molar-refractivity contribution in [1.82, 2.24) is 0 Å². The minimum atomic E-state index is -3.97. The summed E-state index contributed by atoms with van der Waals surface area (Å²) >= 11 is 0. The molecule has 0 fully saturated rings. The summed E-state index contributed by atoms with van der Waals surface area (Å²) in [5, 5.41) is 0. The van der Waals surface area contributed by atoms with Crippen LogP contribution in [0.1, 0.15) is 12.8 Å². The predicted molar refractivity (Wildman–Crippen MR) is 120 cm³/mol. The Morgan fingerprint density at radius 2 is 1.04 bits per heavy atom. The molecule has 3 nitrogen and oxygen atoms in total. The Hall–Kier alpha value is -1.73. The molecule has 0 aliphatic rings. The molecule has 148 valence electrons. The van der Waals surface area contributed by atoms with Gasteiger partial charge in [-0.3, -0.25) is 4.55 Å². The van der Waals surface area contributed by atoms with Gasteiger partial charge in [0.2, 0.25) is 0 Å². The average molecular weight is 433 g/mol. The van der Waals surface area contributed by atoms with E-state index in [0.717, 1.165) is 18.6 Å². The molecule has 28 heavy (non-hydrogen) atoms. The quantitative estimate of drug-likeness (QED) is 0.245. The molecule has 0 saturated heterocycles. The molecule has 0 saturated carbocycles. The van der Waals surface area contributed by atoms with Gasteiger partial charge in [-0.05, 0) is 80.5 Å². The number of unbranched alkanes of at least 4 members (excludes halogenated alkanes) is 1. The third-order valence-electron chi connectivity index (χ3n) is 4.51. The lowest BCUT2D eigenvalue weighted by Crippen LogP contribution is -2.09. The lowest BCUT2D eigenvalue weighted by molar-refractivity contribution is 0.503. The van der Waals surface area contributed by atoms with Crippen molar-refractivity contribution in [3.8, 4) is 0 Å². The van der Waals surface area contributed by atoms with E-state index < -0.39 is 19.2 Å². The molecule has 0 aromatic heterocycles. The van der Waals surface area contributed by atoms with E-state index in [1.165, 1.54) is 14.7 Å². The summed E-state index contributed by atoms with van der Waals surface area (Å²) in [6, 6.07) is 31.8. The first-order valence-corrected chi connectivity index (χ1v) is 13.8. The van der Waals surface area contributed by atoms with Crippen molar-refractivity contribution in [2.75, 3.05) is 11.5 Å². The molecule has 3 rings (SSSR count). The van der Waals surface area contributed by atoms with Crippen molar-refractivity contribution in [1.29, 1.82) is 0 Å². The first-order chi connectivity index (χ1) is 13.5. The lowest BCUT2D eigenvalue weighted by Gasteiger charge is -2.41. The van der Waals surface area contributed by atoms with Crippen LogP contribution in [-0.2, 0) is 9.15 Å². The molecule has 6 heteroatoms. The molecule has 3 aromatic carbocycles. The maximum Gasteiger partial charge on any atom is 0.319 e. The molecule has 1 N–H and O–H groups in total. The van der Waals surface area contributed by atoms with E-state index in [9.17, 15) is 8.42 Å². The first-order valence-electron chi connectivity index (χ1n) is 9.10. The summed E-state index contributed by atoms with van der Waals surface area (Å²) in [6.07, 6.45) is 1.60. The van der Waals surface area contributed by atoms with E-state index in [2.05, 4.69) is 72.8 Å². The van der Waals surface area contributed by atoms with Crippen LogP contribution < -0.4 is 0 Å². The first kappa shape index (κ1) is 21.0. The van der Waals surface area contributed by atoms with Gasteiger partial charge in [-0.2, -0.15) is 18.4 Å². The van der Waals surface area contributed by atoms with Crippen LogP contribution in [-0.4, -0.2) is 24.5 Å². The Morgan fingerprint density at radius 3 is 1.39 bits per heavy atom. The van der Waals surface area contributed by atoms with Crippen LogP contribution in [0.2, 0.25) is 0 Å². The Bertz CT molecular complexity index is 863. The van der Waals surface area contributed by atoms with Crippen molar-refractivity contribution in [3.63, 3.8) is 0 Å². The highest BCUT2D eigenvalue weighted by atomic mass is 33.1. The van der Waals surface area contributed by atoms with Crippen LogP contribution in [0.4, 0.5) is 0 Å². The number of rotatable bonds is 9. The van der Waals surface area contributed by atoms with Gasteiger partial charge in [0.15, 0.2) is 0 Å². The maximum absolute atomic E-state index is 11.0. The van der Waals surface area contributed by atoms with Gasteiger partial charge in [0.05, 0.1) is 0 Å². The number of hydrogen-bond donors (Lipinski definition) is 1. The minimum absolute atomic E-state index is 0.396. The van der Waals surface area contributed by atoms with Crippen LogP contribution in [0.15, 0.2) is 106 Å². The summed E-state index contributed by atoms with van der Waals surface area (Å²) in [6.45, 7) is 0. The van der Waals surface area contributed by atoms with Crippen LogP contribution >= 0.6 is 20.8 Å². The van der Waals surface area contributed by atoms with E-state index in [1.807, 2.05) is 18.2 Å². The fourth-order valence-corrected chi connectivity index (χ4v) is 8.85. The highest BCUT2D eigenvalue weighted by molar-refractivity contribution is 8.69. The van der Waals surface area contributed by atoms with Gasteiger partial charge in [-0.15, -0.1) is 0 Å². The minimum Gasteiger partial charge on any atom is -0.277 e. The number of hydrogen-bond acceptors (Lipinski definition) is 3. The molecule has 0 atom stereocenters. The molecular weight excluding hydrogens is 408 g/mol. The van der Waals surface area contributed by atoms with Gasteiger partial charge in [-0.25, -0.2) is 0 Å². The monoisotopic (exact) mass is 432 g/mol. The second kappa shape index (κ2) is 9.65. The van der Waals surface area contributed by atoms with Gasteiger partial charge in [0.25, 0.3) is 0 Å². The zero-order valence-electron chi connectivity index (χ0n) is 15.5. The summed E-state index contributed by atoms with van der Waals surface area (Å²) in [5.41, 5.74) is 0. The lowest BCUT2D eigenvalue weighted by atomic mass is 10.3. The van der Waals surface area contributed by atoms with Crippen molar-refractivity contribution < 1.29 is 13.0 Å². The molecular formula is C22H24O3S3. The van der Waals surface area contributed by atoms with Gasteiger partial charge < -0.3 is 0 Å². The van der Waals surface area contributed by atoms with E-state index in [0.29, 0.717) is 16.5 Å². The third-order valence-corrected chi connectivity index (χ3v) is 10.8. The Balaban J connectivity index is 1.99. The third kappa shape index (κ3) is 5.20. The van der Waals surface area contributed by atoms with Crippen LogP contribution in [0, 0.1) is 0 Å². The fraction of sp³-hybridized carbons (Fsp3) is 0.182. The molecule has 3 aromatic rings. The van der Waals surface area contributed by atoms with E-state index in [1.54, 1.807) is 0 Å². The predicted octanol–water partition coefficient (Wildman–Crippen LogP) is 6.28. The smallest absolute Gasteiger partial charge is 0.277 e. The highest BCUT2D eigenvalue weighted by Gasteiger charge is 2.30. The van der Waals surface area contributed by atoms with Crippen molar-refractivity contribution >= 4 is 30.0 Å². The van der Waals surface area contributed by atoms with Crippen molar-refractivity contribution in [3.05, 3.63) is 91.0 Å². The topological polar surface area (TPSA) is 54.4 Å². The Labute approximate surface area is 172 Å². The van der Waals surface area contributed by atoms with Crippen LogP contribution in [0.3, 0.4) is 0 Å². The highest BCUT2D eigenvalue weighted by Crippen LogP contribution is 2.68. The second-order valence-corrected chi connectivity index (χ2v) is 13.1. The van der Waals surface area contributed by atoms with Crippen molar-refractivity contribution in [2.45, 2.75) is 27.5 Å². The SMILES string of the molecule is O=S(=O)(O)SCCCCS(c1ccccc1)(c1ccccc1)c1ccccc1. The molecule has 0 unspecified atom stereocenters. The summed E-state index contributed by atoms with van der Waals surface area (Å²) in [4.78, 5) is 3.90. The Kier molecular flexibility index (Phi) is 7.24. The number of benzene rings is 3. The maximum atomic E-state index is 11.0. The van der Waals surface area contributed by atoms with E-state index in [4.69, 9.17) is 4.55 Å². The molecule has 0 spiro atoms. The van der Waals surface area contributed by atoms with Crippen LogP contribution in [0.25, 0.3) is 0 Å². The molecule has 0 radical (unpaired) electrons. The van der Waals surface area contributed by atoms with E-state index in [-0.39, 0.29) is 0 Å². The molecule has 0 heterocycles. The standard InChI is InChI=1S/C22H24O3S3/c23-28(24,25)26-18-10-11-19-27(20-12-4-1-5-13-20,21-14-6-2-7-15-21)22-16-8-3-9-17-22/h1-9,12-17H,10-11,18-19H2,(H,23,24,25). The molecule has 0 bridgehead atoms. The summed E-state index contributed by atoms with van der Waals surface area (Å²) < 4.78 is 30.9. The van der Waals surface area contributed by atoms with Crippen molar-refractivity contribution in [2.24, 2.45) is 0 Å².